The van der Waals surface area contributed by atoms with Gasteiger partial charge in [0.2, 0.25) is 0 Å². The van der Waals surface area contributed by atoms with Gasteiger partial charge in [0.25, 0.3) is 11.8 Å². The van der Waals surface area contributed by atoms with Crippen LogP contribution in [0, 0.1) is 0 Å². The van der Waals surface area contributed by atoms with E-state index in [4.69, 9.17) is 4.74 Å². The second-order valence-corrected chi connectivity index (χ2v) is 7.83. The highest BCUT2D eigenvalue weighted by Gasteiger charge is 2.11. The average Bonchev–Trinajstić information content (AvgIpc) is 2.85. The van der Waals surface area contributed by atoms with Crippen molar-refractivity contribution < 1.29 is 19.1 Å². The molecule has 4 amide bonds. The predicted octanol–water partition coefficient (Wildman–Crippen LogP) is 3.40. The number of benzene rings is 3. The van der Waals surface area contributed by atoms with Gasteiger partial charge in [-0.05, 0) is 43.2 Å². The predicted molar refractivity (Wildman–Crippen MR) is 130 cm³/mol. The molecule has 34 heavy (non-hydrogen) atoms. The summed E-state index contributed by atoms with van der Waals surface area (Å²) in [7, 11) is 0. The van der Waals surface area contributed by atoms with Crippen LogP contribution in [0.4, 0.5) is 4.79 Å². The Morgan fingerprint density at radius 2 is 1.50 bits per heavy atom. The summed E-state index contributed by atoms with van der Waals surface area (Å²) in [6.07, 6.45) is 0. The number of amides is 4. The minimum absolute atomic E-state index is 0.0466. The van der Waals surface area contributed by atoms with E-state index >= 15 is 0 Å². The smallest absolute Gasteiger partial charge is 0.315 e. The Labute approximate surface area is 198 Å². The average molecular weight is 461 g/mol. The Morgan fingerprint density at radius 3 is 2.21 bits per heavy atom. The summed E-state index contributed by atoms with van der Waals surface area (Å²) in [6.45, 7) is 3.83. The summed E-state index contributed by atoms with van der Waals surface area (Å²) in [5.41, 5.74) is 7.78. The molecule has 0 aliphatic carbocycles. The summed E-state index contributed by atoms with van der Waals surface area (Å²) < 4.78 is 5.67. The molecular weight excluding hydrogens is 432 g/mol. The molecule has 0 fully saturated rings. The summed E-state index contributed by atoms with van der Waals surface area (Å²) in [4.78, 5) is 36.1. The SMILES string of the molecule is CC(C)NC(=O)NCc1ccc(C(=O)NNC(=O)COc2ccccc2-c2ccccc2)cc1. The first-order valence-corrected chi connectivity index (χ1v) is 10.9. The van der Waals surface area contributed by atoms with Gasteiger partial charge in [0.1, 0.15) is 5.75 Å². The monoisotopic (exact) mass is 460 g/mol. The van der Waals surface area contributed by atoms with Crippen LogP contribution in [0.1, 0.15) is 29.8 Å². The van der Waals surface area contributed by atoms with Crippen molar-refractivity contribution in [2.75, 3.05) is 6.61 Å². The normalized spacial score (nSPS) is 10.3. The Kier molecular flexibility index (Phi) is 8.62. The summed E-state index contributed by atoms with van der Waals surface area (Å²) >= 11 is 0. The number of ether oxygens (including phenoxy) is 1. The lowest BCUT2D eigenvalue weighted by Gasteiger charge is -2.12. The van der Waals surface area contributed by atoms with E-state index in [1.54, 1.807) is 30.3 Å². The van der Waals surface area contributed by atoms with E-state index in [0.717, 1.165) is 16.7 Å². The van der Waals surface area contributed by atoms with Crippen LogP contribution in [0.15, 0.2) is 78.9 Å². The number of hydrogen-bond acceptors (Lipinski definition) is 4. The molecule has 4 N–H and O–H groups in total. The summed E-state index contributed by atoms with van der Waals surface area (Å²) in [5, 5.41) is 5.48. The van der Waals surface area contributed by atoms with Crippen LogP contribution in [0.2, 0.25) is 0 Å². The molecule has 0 bridgehead atoms. The van der Waals surface area contributed by atoms with Gasteiger partial charge in [0.05, 0.1) is 0 Å². The Hall–Kier alpha value is -4.33. The lowest BCUT2D eigenvalue weighted by molar-refractivity contribution is -0.123. The third-order valence-electron chi connectivity index (χ3n) is 4.74. The highest BCUT2D eigenvalue weighted by atomic mass is 16.5. The molecule has 3 aromatic rings. The van der Waals surface area contributed by atoms with Crippen molar-refractivity contribution >= 4 is 17.8 Å². The van der Waals surface area contributed by atoms with Gasteiger partial charge in [0, 0.05) is 23.7 Å². The lowest BCUT2D eigenvalue weighted by atomic mass is 10.1. The molecule has 0 aliphatic heterocycles. The zero-order valence-corrected chi connectivity index (χ0v) is 19.1. The molecule has 8 nitrogen and oxygen atoms in total. The van der Waals surface area contributed by atoms with Crippen LogP contribution in [-0.2, 0) is 11.3 Å². The molecule has 0 atom stereocenters. The molecule has 3 aromatic carbocycles. The lowest BCUT2D eigenvalue weighted by Crippen LogP contribution is -2.43. The molecule has 176 valence electrons. The minimum atomic E-state index is -0.492. The Balaban J connectivity index is 1.46. The van der Waals surface area contributed by atoms with E-state index in [1.165, 1.54) is 0 Å². The van der Waals surface area contributed by atoms with Gasteiger partial charge in [-0.3, -0.25) is 20.4 Å². The number of para-hydroxylation sites is 1. The fourth-order valence-electron chi connectivity index (χ4n) is 3.10. The first kappa shape index (κ1) is 24.3. The van der Waals surface area contributed by atoms with Crippen molar-refractivity contribution in [2.45, 2.75) is 26.4 Å². The van der Waals surface area contributed by atoms with Gasteiger partial charge < -0.3 is 15.4 Å². The molecule has 0 aromatic heterocycles. The van der Waals surface area contributed by atoms with E-state index in [9.17, 15) is 14.4 Å². The molecular formula is C26H28N4O4. The van der Waals surface area contributed by atoms with Gasteiger partial charge >= 0.3 is 6.03 Å². The zero-order chi connectivity index (χ0) is 24.3. The van der Waals surface area contributed by atoms with Crippen molar-refractivity contribution in [3.63, 3.8) is 0 Å². The maximum atomic E-state index is 12.3. The van der Waals surface area contributed by atoms with Crippen molar-refractivity contribution in [3.05, 3.63) is 90.0 Å². The Bertz CT molecular complexity index is 1120. The fourth-order valence-corrected chi connectivity index (χ4v) is 3.10. The van der Waals surface area contributed by atoms with Gasteiger partial charge in [-0.15, -0.1) is 0 Å². The zero-order valence-electron chi connectivity index (χ0n) is 19.1. The fraction of sp³-hybridized carbons (Fsp3) is 0.192. The van der Waals surface area contributed by atoms with Crippen LogP contribution in [0.3, 0.4) is 0 Å². The van der Waals surface area contributed by atoms with Crippen LogP contribution >= 0.6 is 0 Å². The Morgan fingerprint density at radius 1 is 0.824 bits per heavy atom. The molecule has 0 heterocycles. The van der Waals surface area contributed by atoms with Gasteiger partial charge in [-0.2, -0.15) is 0 Å². The van der Waals surface area contributed by atoms with Crippen LogP contribution in [0.5, 0.6) is 5.75 Å². The third-order valence-corrected chi connectivity index (χ3v) is 4.74. The second-order valence-electron chi connectivity index (χ2n) is 7.83. The molecule has 0 spiro atoms. The molecule has 3 rings (SSSR count). The van der Waals surface area contributed by atoms with Crippen LogP contribution in [0.25, 0.3) is 11.1 Å². The van der Waals surface area contributed by atoms with E-state index in [0.29, 0.717) is 17.9 Å². The highest BCUT2D eigenvalue weighted by molar-refractivity contribution is 5.95. The molecule has 0 aliphatic rings. The van der Waals surface area contributed by atoms with E-state index in [-0.39, 0.29) is 18.7 Å². The number of hydrazine groups is 1. The van der Waals surface area contributed by atoms with Gasteiger partial charge in [0.15, 0.2) is 6.61 Å². The number of carbonyl (C=O) groups is 3. The number of hydrogen-bond donors (Lipinski definition) is 4. The largest absolute Gasteiger partial charge is 0.483 e. The molecule has 0 unspecified atom stereocenters. The summed E-state index contributed by atoms with van der Waals surface area (Å²) in [5.74, 6) is -0.384. The minimum Gasteiger partial charge on any atom is -0.483 e. The van der Waals surface area contributed by atoms with E-state index < -0.39 is 11.8 Å². The van der Waals surface area contributed by atoms with Crippen molar-refractivity contribution in [1.82, 2.24) is 21.5 Å². The van der Waals surface area contributed by atoms with Crippen LogP contribution in [-0.4, -0.2) is 30.5 Å². The van der Waals surface area contributed by atoms with Gasteiger partial charge in [-0.25, -0.2) is 4.79 Å². The highest BCUT2D eigenvalue weighted by Crippen LogP contribution is 2.29. The first-order valence-electron chi connectivity index (χ1n) is 10.9. The van der Waals surface area contributed by atoms with E-state index in [1.807, 2.05) is 62.4 Å². The first-order chi connectivity index (χ1) is 16.4. The molecule has 0 saturated heterocycles. The van der Waals surface area contributed by atoms with E-state index in [2.05, 4.69) is 21.5 Å². The standard InChI is InChI=1S/C26H28N4O4/c1-18(2)28-26(33)27-16-19-12-14-21(15-13-19)25(32)30-29-24(31)17-34-23-11-7-6-10-22(23)20-8-4-3-5-9-20/h3-15,18H,16-17H2,1-2H3,(H,29,31)(H,30,32)(H2,27,28,33). The second kappa shape index (κ2) is 12.1. The molecule has 8 heteroatoms. The third kappa shape index (κ3) is 7.37. The van der Waals surface area contributed by atoms with Crippen molar-refractivity contribution in [3.8, 4) is 16.9 Å². The number of urea groups is 1. The number of carbonyl (C=O) groups excluding carboxylic acids is 3. The number of nitrogens with one attached hydrogen (secondary N) is 4. The van der Waals surface area contributed by atoms with Crippen LogP contribution < -0.4 is 26.2 Å². The molecule has 0 saturated carbocycles. The quantitative estimate of drug-likeness (QED) is 0.386. The summed E-state index contributed by atoms with van der Waals surface area (Å²) in [6, 6.07) is 23.6. The van der Waals surface area contributed by atoms with Crippen molar-refractivity contribution in [2.24, 2.45) is 0 Å². The topological polar surface area (TPSA) is 109 Å². The maximum absolute atomic E-state index is 12.3. The molecule has 0 radical (unpaired) electrons. The number of rotatable bonds is 8. The maximum Gasteiger partial charge on any atom is 0.315 e. The van der Waals surface area contributed by atoms with Gasteiger partial charge in [-0.1, -0.05) is 60.7 Å². The van der Waals surface area contributed by atoms with Crippen molar-refractivity contribution in [1.29, 1.82) is 0 Å².